The van der Waals surface area contributed by atoms with Crippen LogP contribution < -0.4 is 4.90 Å². The smallest absolute Gasteiger partial charge is 0.132 e. The molecule has 0 fully saturated rings. The third-order valence-electron chi connectivity index (χ3n) is 2.69. The van der Waals surface area contributed by atoms with Gasteiger partial charge in [-0.3, -0.25) is 0 Å². The van der Waals surface area contributed by atoms with E-state index >= 15 is 0 Å². The molecule has 3 nitrogen and oxygen atoms in total. The highest BCUT2D eigenvalue weighted by atomic mass is 79.9. The van der Waals surface area contributed by atoms with Crippen LogP contribution in [0.25, 0.3) is 0 Å². The van der Waals surface area contributed by atoms with Gasteiger partial charge in [0, 0.05) is 29.7 Å². The summed E-state index contributed by atoms with van der Waals surface area (Å²) in [4.78, 5) is 11.3. The Hall–Kier alpha value is -0.640. The molecule has 0 unspecified atom stereocenters. The lowest BCUT2D eigenvalue weighted by Crippen LogP contribution is -2.33. The Morgan fingerprint density at radius 1 is 1.35 bits per heavy atom. The fourth-order valence-corrected chi connectivity index (χ4v) is 2.06. The fourth-order valence-electron chi connectivity index (χ4n) is 1.81. The number of alkyl halides is 1. The van der Waals surface area contributed by atoms with E-state index in [1.807, 2.05) is 6.92 Å². The van der Waals surface area contributed by atoms with Crippen LogP contribution in [0, 0.1) is 6.92 Å². The van der Waals surface area contributed by atoms with E-state index in [-0.39, 0.29) is 0 Å². The van der Waals surface area contributed by atoms with Crippen LogP contribution in [0.15, 0.2) is 6.07 Å². The summed E-state index contributed by atoms with van der Waals surface area (Å²) in [6.45, 7) is 9.53. The van der Waals surface area contributed by atoms with E-state index in [1.165, 1.54) is 0 Å². The molecule has 1 rings (SSSR count). The third-order valence-corrected chi connectivity index (χ3v) is 3.25. The second kappa shape index (κ2) is 6.94. The predicted octanol–water partition coefficient (Wildman–Crippen LogP) is 3.35. The largest absolute Gasteiger partial charge is 0.354 e. The lowest BCUT2D eigenvalue weighted by molar-refractivity contribution is 0.661. The van der Waals surface area contributed by atoms with Gasteiger partial charge in [0.25, 0.3) is 0 Å². The SMILES string of the molecule is CCc1cc(N(CCCBr)C(C)C)nc(C)n1. The molecule has 1 heterocycles. The van der Waals surface area contributed by atoms with E-state index in [2.05, 4.69) is 57.6 Å². The van der Waals surface area contributed by atoms with Crippen molar-refractivity contribution < 1.29 is 0 Å². The first-order valence-corrected chi connectivity index (χ1v) is 7.37. The van der Waals surface area contributed by atoms with E-state index in [0.717, 1.165) is 42.1 Å². The first-order valence-electron chi connectivity index (χ1n) is 6.25. The van der Waals surface area contributed by atoms with Gasteiger partial charge in [-0.15, -0.1) is 0 Å². The van der Waals surface area contributed by atoms with Crippen LogP contribution in [0.4, 0.5) is 5.82 Å². The van der Waals surface area contributed by atoms with Crippen molar-refractivity contribution in [2.24, 2.45) is 0 Å². The minimum atomic E-state index is 0.466. The molecule has 0 saturated carbocycles. The molecule has 0 aliphatic carbocycles. The van der Waals surface area contributed by atoms with Crippen molar-refractivity contribution in [3.05, 3.63) is 17.6 Å². The van der Waals surface area contributed by atoms with Crippen LogP contribution in [0.2, 0.25) is 0 Å². The molecule has 0 spiro atoms. The number of halogens is 1. The molecule has 0 aliphatic heterocycles. The van der Waals surface area contributed by atoms with Crippen molar-refractivity contribution in [1.29, 1.82) is 0 Å². The maximum Gasteiger partial charge on any atom is 0.132 e. The zero-order chi connectivity index (χ0) is 12.8. The number of nitrogens with zero attached hydrogens (tertiary/aromatic N) is 3. The monoisotopic (exact) mass is 299 g/mol. The van der Waals surface area contributed by atoms with Gasteiger partial charge in [0.2, 0.25) is 0 Å². The number of hydrogen-bond acceptors (Lipinski definition) is 3. The minimum Gasteiger partial charge on any atom is -0.354 e. The van der Waals surface area contributed by atoms with Gasteiger partial charge >= 0.3 is 0 Å². The molecule has 0 aliphatic rings. The van der Waals surface area contributed by atoms with E-state index in [4.69, 9.17) is 0 Å². The van der Waals surface area contributed by atoms with E-state index in [0.29, 0.717) is 6.04 Å². The molecule has 0 radical (unpaired) electrons. The predicted molar refractivity (Wildman–Crippen MR) is 77.0 cm³/mol. The van der Waals surface area contributed by atoms with Crippen molar-refractivity contribution in [3.8, 4) is 0 Å². The summed E-state index contributed by atoms with van der Waals surface area (Å²) in [6, 6.07) is 2.58. The second-order valence-electron chi connectivity index (χ2n) is 4.45. The molecule has 96 valence electrons. The fraction of sp³-hybridized carbons (Fsp3) is 0.692. The number of aromatic nitrogens is 2. The molecular weight excluding hydrogens is 278 g/mol. The molecule has 4 heteroatoms. The van der Waals surface area contributed by atoms with E-state index < -0.39 is 0 Å². The quantitative estimate of drug-likeness (QED) is 0.754. The van der Waals surface area contributed by atoms with Crippen LogP contribution in [0.3, 0.4) is 0 Å². The average Bonchev–Trinajstić information content (AvgIpc) is 2.28. The van der Waals surface area contributed by atoms with Crippen molar-refractivity contribution in [3.63, 3.8) is 0 Å². The summed E-state index contributed by atoms with van der Waals surface area (Å²) in [6.07, 6.45) is 2.09. The lowest BCUT2D eigenvalue weighted by atomic mass is 10.2. The normalized spacial score (nSPS) is 10.9. The Kier molecular flexibility index (Phi) is 5.89. The van der Waals surface area contributed by atoms with E-state index in [1.54, 1.807) is 0 Å². The van der Waals surface area contributed by atoms with E-state index in [9.17, 15) is 0 Å². The number of anilines is 1. The lowest BCUT2D eigenvalue weighted by Gasteiger charge is -2.28. The van der Waals surface area contributed by atoms with Crippen molar-refractivity contribution in [2.75, 3.05) is 16.8 Å². The van der Waals surface area contributed by atoms with Crippen LogP contribution in [0.5, 0.6) is 0 Å². The molecule has 0 saturated heterocycles. The van der Waals surface area contributed by atoms with Gasteiger partial charge in [0.15, 0.2) is 0 Å². The van der Waals surface area contributed by atoms with Gasteiger partial charge in [0.05, 0.1) is 0 Å². The summed E-state index contributed by atoms with van der Waals surface area (Å²) >= 11 is 3.48. The Morgan fingerprint density at radius 2 is 2.06 bits per heavy atom. The molecule has 0 bridgehead atoms. The summed E-state index contributed by atoms with van der Waals surface area (Å²) in [7, 11) is 0. The van der Waals surface area contributed by atoms with Gasteiger partial charge < -0.3 is 4.90 Å². The topological polar surface area (TPSA) is 29.0 Å². The molecule has 1 aromatic heterocycles. The number of aryl methyl sites for hydroxylation is 2. The molecule has 0 aromatic carbocycles. The highest BCUT2D eigenvalue weighted by molar-refractivity contribution is 9.09. The highest BCUT2D eigenvalue weighted by Crippen LogP contribution is 2.16. The van der Waals surface area contributed by atoms with Gasteiger partial charge in [-0.05, 0) is 33.6 Å². The maximum atomic E-state index is 4.56. The number of rotatable bonds is 6. The molecule has 17 heavy (non-hydrogen) atoms. The van der Waals surface area contributed by atoms with Crippen LogP contribution in [-0.2, 0) is 6.42 Å². The summed E-state index contributed by atoms with van der Waals surface area (Å²) in [5.74, 6) is 1.93. The van der Waals surface area contributed by atoms with Gasteiger partial charge in [-0.25, -0.2) is 9.97 Å². The molecule has 1 aromatic rings. The molecular formula is C13H22BrN3. The maximum absolute atomic E-state index is 4.56. The molecule has 0 N–H and O–H groups in total. The summed E-state index contributed by atoms with van der Waals surface area (Å²) in [5.41, 5.74) is 1.12. The highest BCUT2D eigenvalue weighted by Gasteiger charge is 2.12. The summed E-state index contributed by atoms with van der Waals surface area (Å²) < 4.78 is 0. The minimum absolute atomic E-state index is 0.466. The van der Waals surface area contributed by atoms with Gasteiger partial charge in [0.1, 0.15) is 11.6 Å². The first-order chi connectivity index (χ1) is 8.08. The second-order valence-corrected chi connectivity index (χ2v) is 5.24. The van der Waals surface area contributed by atoms with Crippen LogP contribution in [-0.4, -0.2) is 27.9 Å². The Labute approximate surface area is 113 Å². The van der Waals surface area contributed by atoms with Crippen molar-refractivity contribution >= 4 is 21.7 Å². The van der Waals surface area contributed by atoms with Crippen LogP contribution in [0.1, 0.15) is 38.7 Å². The van der Waals surface area contributed by atoms with Crippen LogP contribution >= 0.6 is 15.9 Å². The first kappa shape index (κ1) is 14.4. The average molecular weight is 300 g/mol. The van der Waals surface area contributed by atoms with Crippen molar-refractivity contribution in [1.82, 2.24) is 9.97 Å². The van der Waals surface area contributed by atoms with Gasteiger partial charge in [-0.2, -0.15) is 0 Å². The standard InChI is InChI=1S/C13H22BrN3/c1-5-12-9-13(16-11(4)15-12)17(10(2)3)8-6-7-14/h9-10H,5-8H2,1-4H3. The zero-order valence-electron chi connectivity index (χ0n) is 11.2. The molecule has 0 atom stereocenters. The molecule has 0 amide bonds. The Balaban J connectivity index is 2.96. The van der Waals surface area contributed by atoms with Gasteiger partial charge in [-0.1, -0.05) is 22.9 Å². The Morgan fingerprint density at radius 3 is 2.59 bits per heavy atom. The third kappa shape index (κ3) is 4.26. The van der Waals surface area contributed by atoms with Crippen molar-refractivity contribution in [2.45, 2.75) is 46.6 Å². The Bertz CT molecular complexity index is 353. The zero-order valence-corrected chi connectivity index (χ0v) is 12.8. The summed E-state index contributed by atoms with van der Waals surface area (Å²) in [5, 5.41) is 1.03. The number of hydrogen-bond donors (Lipinski definition) is 0.